The molecular weight excluding hydrogens is 250 g/mol. The number of methoxy groups -OCH3 is 1. The van der Waals surface area contributed by atoms with Crippen LogP contribution in [0.25, 0.3) is 0 Å². The van der Waals surface area contributed by atoms with E-state index in [4.69, 9.17) is 4.74 Å². The van der Waals surface area contributed by atoms with Crippen LogP contribution in [-0.2, 0) is 4.74 Å². The molecule has 0 aromatic heterocycles. The molecule has 0 heterocycles. The van der Waals surface area contributed by atoms with Gasteiger partial charge in [0.05, 0.1) is 12.8 Å². The standard InChI is InChI=1S/C17H15NO2/c1-14-8-6-7-9-15(14)12-13-18(17(19)20-2)16-10-4-3-5-11-16/h3-11H,1-2H3. The second-order valence-electron chi connectivity index (χ2n) is 4.19. The number of benzene rings is 2. The Morgan fingerprint density at radius 2 is 1.70 bits per heavy atom. The minimum atomic E-state index is -0.503. The van der Waals surface area contributed by atoms with E-state index >= 15 is 0 Å². The second kappa shape index (κ2) is 6.44. The van der Waals surface area contributed by atoms with Gasteiger partial charge in [0, 0.05) is 11.6 Å². The lowest BCUT2D eigenvalue weighted by Gasteiger charge is -2.13. The zero-order valence-corrected chi connectivity index (χ0v) is 11.5. The average Bonchev–Trinajstić information content (AvgIpc) is 2.50. The number of aryl methyl sites for hydroxylation is 1. The number of ether oxygens (including phenoxy) is 1. The lowest BCUT2D eigenvalue weighted by molar-refractivity contribution is 0.182. The van der Waals surface area contributed by atoms with Crippen LogP contribution >= 0.6 is 0 Å². The normalized spacial score (nSPS) is 9.30. The van der Waals surface area contributed by atoms with E-state index < -0.39 is 6.09 Å². The molecular formula is C17H15NO2. The summed E-state index contributed by atoms with van der Waals surface area (Å²) in [6, 6.07) is 19.8. The van der Waals surface area contributed by atoms with Crippen molar-refractivity contribution in [2.24, 2.45) is 0 Å². The Hall–Kier alpha value is -2.73. The Bertz CT molecular complexity index is 653. The van der Waals surface area contributed by atoms with Crippen molar-refractivity contribution < 1.29 is 9.53 Å². The number of carbonyl (C=O) groups is 1. The molecule has 0 saturated carbocycles. The Balaban J connectivity index is 2.36. The van der Waals surface area contributed by atoms with Crippen LogP contribution in [-0.4, -0.2) is 13.2 Å². The fraction of sp³-hybridized carbons (Fsp3) is 0.118. The topological polar surface area (TPSA) is 29.5 Å². The lowest BCUT2D eigenvalue weighted by Crippen LogP contribution is -2.25. The van der Waals surface area contributed by atoms with E-state index in [0.717, 1.165) is 11.1 Å². The van der Waals surface area contributed by atoms with Gasteiger partial charge in [-0.15, -0.1) is 0 Å². The van der Waals surface area contributed by atoms with Crippen LogP contribution < -0.4 is 4.90 Å². The zero-order chi connectivity index (χ0) is 14.4. The van der Waals surface area contributed by atoms with Gasteiger partial charge < -0.3 is 4.74 Å². The Morgan fingerprint density at radius 1 is 1.05 bits per heavy atom. The van der Waals surface area contributed by atoms with E-state index in [1.807, 2.05) is 61.5 Å². The molecule has 2 aromatic rings. The van der Waals surface area contributed by atoms with E-state index in [1.165, 1.54) is 12.0 Å². The first-order valence-corrected chi connectivity index (χ1v) is 6.23. The molecule has 3 heteroatoms. The highest BCUT2D eigenvalue weighted by molar-refractivity contribution is 5.91. The highest BCUT2D eigenvalue weighted by Gasteiger charge is 2.13. The van der Waals surface area contributed by atoms with Crippen molar-refractivity contribution in [2.45, 2.75) is 6.92 Å². The highest BCUT2D eigenvalue weighted by Crippen LogP contribution is 2.13. The summed E-state index contributed by atoms with van der Waals surface area (Å²) in [4.78, 5) is 13.1. The van der Waals surface area contributed by atoms with Crippen LogP contribution in [0.5, 0.6) is 0 Å². The van der Waals surface area contributed by atoms with Gasteiger partial charge in [0.25, 0.3) is 0 Å². The van der Waals surface area contributed by atoms with Crippen LogP contribution in [0.15, 0.2) is 54.6 Å². The number of hydrogen-bond donors (Lipinski definition) is 0. The summed E-state index contributed by atoms with van der Waals surface area (Å²) >= 11 is 0. The lowest BCUT2D eigenvalue weighted by atomic mass is 10.1. The van der Waals surface area contributed by atoms with E-state index in [2.05, 4.69) is 12.0 Å². The van der Waals surface area contributed by atoms with Gasteiger partial charge in [-0.1, -0.05) is 36.4 Å². The minimum Gasteiger partial charge on any atom is -0.452 e. The molecule has 0 atom stereocenters. The van der Waals surface area contributed by atoms with Gasteiger partial charge >= 0.3 is 6.09 Å². The first-order valence-electron chi connectivity index (χ1n) is 6.23. The number of hydrogen-bond acceptors (Lipinski definition) is 2. The molecule has 0 aliphatic heterocycles. The molecule has 0 saturated heterocycles. The third-order valence-electron chi connectivity index (χ3n) is 2.82. The third kappa shape index (κ3) is 3.18. The molecule has 0 N–H and O–H groups in total. The fourth-order valence-electron chi connectivity index (χ4n) is 1.71. The first-order chi connectivity index (χ1) is 9.72. The molecule has 0 unspecified atom stereocenters. The second-order valence-corrected chi connectivity index (χ2v) is 4.19. The largest absolute Gasteiger partial charge is 0.452 e. The quantitative estimate of drug-likeness (QED) is 0.582. The van der Waals surface area contributed by atoms with E-state index in [9.17, 15) is 4.79 Å². The molecule has 0 radical (unpaired) electrons. The number of rotatable bonds is 1. The summed E-state index contributed by atoms with van der Waals surface area (Å²) in [6.45, 7) is 1.98. The number of para-hydroxylation sites is 1. The van der Waals surface area contributed by atoms with Gasteiger partial charge in [-0.2, -0.15) is 0 Å². The van der Waals surface area contributed by atoms with Gasteiger partial charge in [-0.05, 0) is 36.6 Å². The monoisotopic (exact) mass is 265 g/mol. The summed E-state index contributed by atoms with van der Waals surface area (Å²) in [5, 5.41) is 0. The molecule has 0 aliphatic carbocycles. The Morgan fingerprint density at radius 3 is 2.35 bits per heavy atom. The zero-order valence-electron chi connectivity index (χ0n) is 11.5. The number of nitrogens with zero attached hydrogens (tertiary/aromatic N) is 1. The van der Waals surface area contributed by atoms with Crippen molar-refractivity contribution in [1.29, 1.82) is 0 Å². The summed E-state index contributed by atoms with van der Waals surface area (Å²) in [5.74, 6) is 3.00. The summed E-state index contributed by atoms with van der Waals surface area (Å²) < 4.78 is 4.77. The van der Waals surface area contributed by atoms with Crippen LogP contribution in [0.2, 0.25) is 0 Å². The smallest absolute Gasteiger partial charge is 0.426 e. The predicted molar refractivity (Wildman–Crippen MR) is 79.4 cm³/mol. The SMILES string of the molecule is COC(=O)N(C#Cc1ccccc1C)c1ccccc1. The van der Waals surface area contributed by atoms with E-state index in [0.29, 0.717) is 5.69 Å². The summed E-state index contributed by atoms with van der Waals surface area (Å²) in [6.07, 6.45) is -0.503. The Kier molecular flexibility index (Phi) is 4.41. The molecule has 3 nitrogen and oxygen atoms in total. The van der Waals surface area contributed by atoms with Crippen molar-refractivity contribution in [3.05, 3.63) is 65.7 Å². The van der Waals surface area contributed by atoms with Gasteiger partial charge in [0.2, 0.25) is 0 Å². The van der Waals surface area contributed by atoms with Gasteiger partial charge in [0.15, 0.2) is 0 Å². The maximum absolute atomic E-state index is 11.8. The maximum atomic E-state index is 11.8. The third-order valence-corrected chi connectivity index (χ3v) is 2.82. The summed E-state index contributed by atoms with van der Waals surface area (Å²) in [7, 11) is 1.34. The molecule has 100 valence electrons. The number of amides is 1. The van der Waals surface area contributed by atoms with Crippen molar-refractivity contribution in [3.63, 3.8) is 0 Å². The van der Waals surface area contributed by atoms with Crippen LogP contribution in [0.3, 0.4) is 0 Å². The van der Waals surface area contributed by atoms with E-state index in [-0.39, 0.29) is 0 Å². The molecule has 0 aliphatic rings. The fourth-order valence-corrected chi connectivity index (χ4v) is 1.71. The van der Waals surface area contributed by atoms with Crippen molar-refractivity contribution in [3.8, 4) is 12.0 Å². The molecule has 0 fully saturated rings. The van der Waals surface area contributed by atoms with Crippen molar-refractivity contribution in [1.82, 2.24) is 0 Å². The molecule has 20 heavy (non-hydrogen) atoms. The molecule has 0 bridgehead atoms. The Labute approximate surface area is 118 Å². The first kappa shape index (κ1) is 13.7. The number of carbonyl (C=O) groups excluding carboxylic acids is 1. The van der Waals surface area contributed by atoms with Gasteiger partial charge in [-0.3, -0.25) is 0 Å². The number of anilines is 1. The van der Waals surface area contributed by atoms with Crippen LogP contribution in [0.1, 0.15) is 11.1 Å². The summed E-state index contributed by atoms with van der Waals surface area (Å²) in [5.41, 5.74) is 2.63. The highest BCUT2D eigenvalue weighted by atomic mass is 16.5. The molecule has 2 rings (SSSR count). The predicted octanol–water partition coefficient (Wildman–Crippen LogP) is 3.58. The van der Waals surface area contributed by atoms with Crippen molar-refractivity contribution in [2.75, 3.05) is 12.0 Å². The molecule has 2 aromatic carbocycles. The van der Waals surface area contributed by atoms with Gasteiger partial charge in [-0.25, -0.2) is 9.69 Å². The van der Waals surface area contributed by atoms with E-state index in [1.54, 1.807) is 0 Å². The van der Waals surface area contributed by atoms with Crippen LogP contribution in [0.4, 0.5) is 10.5 Å². The maximum Gasteiger partial charge on any atom is 0.426 e. The van der Waals surface area contributed by atoms with Gasteiger partial charge in [0.1, 0.15) is 0 Å². The molecule has 0 spiro atoms. The average molecular weight is 265 g/mol. The van der Waals surface area contributed by atoms with Crippen LogP contribution in [0, 0.1) is 18.9 Å². The minimum absolute atomic E-state index is 0.503. The van der Waals surface area contributed by atoms with Crippen molar-refractivity contribution >= 4 is 11.8 Å². The molecule has 1 amide bonds.